The first-order valence-corrected chi connectivity index (χ1v) is 13.3. The molecule has 0 radical (unpaired) electrons. The van der Waals surface area contributed by atoms with Crippen LogP contribution in [0.15, 0.2) is 24.5 Å². The fourth-order valence-electron chi connectivity index (χ4n) is 4.17. The van der Waals surface area contributed by atoms with Gasteiger partial charge in [0.25, 0.3) is 0 Å². The van der Waals surface area contributed by atoms with Crippen LogP contribution in [0.4, 0.5) is 0 Å². The Morgan fingerprint density at radius 1 is 0.853 bits per heavy atom. The molecular formula is C26H44N4O4. The standard InChI is InChI=1S/2C13H22N2O2/c1-2-9-16-11-7-12-6-8-15(14-12)13-5-3-4-10-17-13;1-2-9-16-11-7-12-6-8-14-15(12)13-5-3-4-10-17-13/h2*6,8,13H,2-5,7,9-11H2,1H3. The molecule has 192 valence electrons. The Balaban J connectivity index is 0.000000191. The molecule has 0 spiro atoms. The lowest BCUT2D eigenvalue weighted by atomic mass is 10.2. The molecule has 4 rings (SSSR count). The van der Waals surface area contributed by atoms with E-state index in [2.05, 4.69) is 36.2 Å². The van der Waals surface area contributed by atoms with Crippen LogP contribution in [-0.2, 0) is 31.8 Å². The van der Waals surface area contributed by atoms with E-state index < -0.39 is 0 Å². The highest BCUT2D eigenvalue weighted by Crippen LogP contribution is 2.23. The molecule has 2 aromatic rings. The fourth-order valence-corrected chi connectivity index (χ4v) is 4.17. The van der Waals surface area contributed by atoms with Crippen molar-refractivity contribution in [3.63, 3.8) is 0 Å². The van der Waals surface area contributed by atoms with Crippen LogP contribution >= 0.6 is 0 Å². The van der Waals surface area contributed by atoms with Crippen molar-refractivity contribution in [3.05, 3.63) is 35.9 Å². The Morgan fingerprint density at radius 3 is 2.18 bits per heavy atom. The van der Waals surface area contributed by atoms with Gasteiger partial charge in [-0.1, -0.05) is 13.8 Å². The molecule has 8 nitrogen and oxygen atoms in total. The van der Waals surface area contributed by atoms with Crippen molar-refractivity contribution in [2.75, 3.05) is 39.6 Å². The molecule has 0 N–H and O–H groups in total. The summed E-state index contributed by atoms with van der Waals surface area (Å²) >= 11 is 0. The van der Waals surface area contributed by atoms with Gasteiger partial charge in [0.05, 0.1) is 18.9 Å². The molecule has 0 bridgehead atoms. The maximum absolute atomic E-state index is 5.75. The highest BCUT2D eigenvalue weighted by atomic mass is 16.5. The van der Waals surface area contributed by atoms with Gasteiger partial charge in [-0.25, -0.2) is 9.36 Å². The van der Waals surface area contributed by atoms with Gasteiger partial charge in [-0.15, -0.1) is 0 Å². The van der Waals surface area contributed by atoms with E-state index in [0.717, 1.165) is 83.9 Å². The monoisotopic (exact) mass is 476 g/mol. The molecule has 2 aliphatic rings. The lowest BCUT2D eigenvalue weighted by Crippen LogP contribution is -2.21. The predicted octanol–water partition coefficient (Wildman–Crippen LogP) is 5.10. The van der Waals surface area contributed by atoms with E-state index in [9.17, 15) is 0 Å². The Morgan fingerprint density at radius 2 is 1.53 bits per heavy atom. The van der Waals surface area contributed by atoms with Gasteiger partial charge in [0.1, 0.15) is 12.5 Å². The second kappa shape index (κ2) is 16.0. The van der Waals surface area contributed by atoms with Gasteiger partial charge < -0.3 is 18.9 Å². The van der Waals surface area contributed by atoms with Gasteiger partial charge in [0.15, 0.2) is 0 Å². The number of aromatic nitrogens is 4. The maximum Gasteiger partial charge on any atom is 0.150 e. The largest absolute Gasteiger partial charge is 0.381 e. The summed E-state index contributed by atoms with van der Waals surface area (Å²) in [5.41, 5.74) is 2.31. The normalized spacial score (nSPS) is 20.6. The minimum Gasteiger partial charge on any atom is -0.381 e. The van der Waals surface area contributed by atoms with Crippen LogP contribution in [-0.4, -0.2) is 59.2 Å². The average Bonchev–Trinajstić information content (AvgIpc) is 3.56. The number of rotatable bonds is 12. The number of nitrogens with zero attached hydrogens (tertiary/aromatic N) is 4. The molecular weight excluding hydrogens is 432 g/mol. The smallest absolute Gasteiger partial charge is 0.150 e. The zero-order valence-electron chi connectivity index (χ0n) is 21.2. The summed E-state index contributed by atoms with van der Waals surface area (Å²) in [6.07, 6.45) is 15.1. The van der Waals surface area contributed by atoms with E-state index in [4.69, 9.17) is 18.9 Å². The van der Waals surface area contributed by atoms with Crippen molar-refractivity contribution in [1.29, 1.82) is 0 Å². The summed E-state index contributed by atoms with van der Waals surface area (Å²) in [5.74, 6) is 0. The molecule has 8 heteroatoms. The first-order chi connectivity index (χ1) is 16.8. The van der Waals surface area contributed by atoms with Crippen molar-refractivity contribution in [2.24, 2.45) is 0 Å². The summed E-state index contributed by atoms with van der Waals surface area (Å²) in [6, 6.07) is 4.13. The topological polar surface area (TPSA) is 72.6 Å². The van der Waals surface area contributed by atoms with Crippen molar-refractivity contribution >= 4 is 0 Å². The van der Waals surface area contributed by atoms with Crippen LogP contribution in [0, 0.1) is 0 Å². The van der Waals surface area contributed by atoms with E-state index in [0.29, 0.717) is 0 Å². The van der Waals surface area contributed by atoms with Crippen LogP contribution in [0.5, 0.6) is 0 Å². The number of ether oxygens (including phenoxy) is 4. The van der Waals surface area contributed by atoms with Gasteiger partial charge >= 0.3 is 0 Å². The minimum atomic E-state index is 0.139. The van der Waals surface area contributed by atoms with Gasteiger partial charge in [-0.05, 0) is 63.5 Å². The number of hydrogen-bond acceptors (Lipinski definition) is 6. The summed E-state index contributed by atoms with van der Waals surface area (Å²) in [5, 5.41) is 8.92. The van der Waals surface area contributed by atoms with Crippen molar-refractivity contribution in [3.8, 4) is 0 Å². The molecule has 4 heterocycles. The Bertz CT molecular complexity index is 766. The molecule has 2 fully saturated rings. The zero-order valence-corrected chi connectivity index (χ0v) is 21.2. The summed E-state index contributed by atoms with van der Waals surface area (Å²) in [6.45, 7) is 9.17. The molecule has 0 aliphatic carbocycles. The van der Waals surface area contributed by atoms with Gasteiger partial charge in [-0.3, -0.25) is 0 Å². The maximum atomic E-state index is 5.75. The molecule has 2 unspecified atom stereocenters. The fraction of sp³-hybridized carbons (Fsp3) is 0.769. The molecule has 34 heavy (non-hydrogen) atoms. The highest BCUT2D eigenvalue weighted by molar-refractivity contribution is 5.02. The summed E-state index contributed by atoms with van der Waals surface area (Å²) < 4.78 is 26.4. The molecule has 2 aromatic heterocycles. The number of hydrogen-bond donors (Lipinski definition) is 0. The Hall–Kier alpha value is -1.74. The first kappa shape index (κ1) is 26.9. The Kier molecular flexibility index (Phi) is 12.7. The van der Waals surface area contributed by atoms with Crippen LogP contribution in [0.3, 0.4) is 0 Å². The first-order valence-electron chi connectivity index (χ1n) is 13.3. The average molecular weight is 477 g/mol. The second-order valence-corrected chi connectivity index (χ2v) is 8.92. The third-order valence-corrected chi connectivity index (χ3v) is 6.00. The van der Waals surface area contributed by atoms with Crippen molar-refractivity contribution < 1.29 is 18.9 Å². The predicted molar refractivity (Wildman–Crippen MR) is 132 cm³/mol. The summed E-state index contributed by atoms with van der Waals surface area (Å²) in [4.78, 5) is 0. The molecule has 0 saturated carbocycles. The lowest BCUT2D eigenvalue weighted by molar-refractivity contribution is -0.0415. The van der Waals surface area contributed by atoms with Crippen molar-refractivity contribution in [1.82, 2.24) is 19.6 Å². The van der Waals surface area contributed by atoms with Crippen molar-refractivity contribution in [2.45, 2.75) is 90.5 Å². The van der Waals surface area contributed by atoms with E-state index in [1.165, 1.54) is 31.4 Å². The van der Waals surface area contributed by atoms with E-state index in [1.807, 2.05) is 21.8 Å². The molecule has 0 amide bonds. The SMILES string of the molecule is CCCOCCc1ccn(C2CCCCO2)n1.CCCOCCc1ccnn1C1CCCCO1. The quantitative estimate of drug-likeness (QED) is 0.397. The molecule has 2 atom stereocenters. The van der Waals surface area contributed by atoms with E-state index in [1.54, 1.807) is 0 Å². The minimum absolute atomic E-state index is 0.139. The second-order valence-electron chi connectivity index (χ2n) is 8.92. The molecule has 2 saturated heterocycles. The van der Waals surface area contributed by atoms with E-state index in [-0.39, 0.29) is 12.5 Å². The molecule has 0 aromatic carbocycles. The van der Waals surface area contributed by atoms with Gasteiger partial charge in [-0.2, -0.15) is 10.2 Å². The zero-order chi connectivity index (χ0) is 23.8. The van der Waals surface area contributed by atoms with Crippen LogP contribution in [0.1, 0.15) is 89.1 Å². The van der Waals surface area contributed by atoms with Crippen LogP contribution in [0.2, 0.25) is 0 Å². The van der Waals surface area contributed by atoms with E-state index >= 15 is 0 Å². The van der Waals surface area contributed by atoms with Gasteiger partial charge in [0.2, 0.25) is 0 Å². The third kappa shape index (κ3) is 9.13. The Labute approximate surface area is 204 Å². The lowest BCUT2D eigenvalue weighted by Gasteiger charge is -2.24. The van der Waals surface area contributed by atoms with Crippen LogP contribution < -0.4 is 0 Å². The highest BCUT2D eigenvalue weighted by Gasteiger charge is 2.18. The molecule has 2 aliphatic heterocycles. The summed E-state index contributed by atoms with van der Waals surface area (Å²) in [7, 11) is 0. The third-order valence-electron chi connectivity index (χ3n) is 6.00. The van der Waals surface area contributed by atoms with Gasteiger partial charge in [0, 0.05) is 57.4 Å². The van der Waals surface area contributed by atoms with Crippen LogP contribution in [0.25, 0.3) is 0 Å².